The second-order valence-electron chi connectivity index (χ2n) is 11.6. The van der Waals surface area contributed by atoms with Crippen LogP contribution in [0.25, 0.3) is 10.4 Å². The van der Waals surface area contributed by atoms with E-state index in [4.69, 9.17) is 19.9 Å². The Labute approximate surface area is 265 Å². The second kappa shape index (κ2) is 18.6. The van der Waals surface area contributed by atoms with E-state index in [2.05, 4.69) is 15.6 Å². The molecule has 0 spiro atoms. The number of carbonyl (C=O) groups excluding carboxylic acids is 2. The number of rotatable bonds is 17. The van der Waals surface area contributed by atoms with Crippen LogP contribution in [-0.4, -0.2) is 104 Å². The van der Waals surface area contributed by atoms with Crippen molar-refractivity contribution in [2.24, 2.45) is 11.1 Å². The number of likely N-dealkylation sites (tertiary alicyclic amines) is 1. The number of thiazole rings is 1. The zero-order valence-corrected chi connectivity index (χ0v) is 27.3. The molecule has 0 radical (unpaired) electrons. The topological polar surface area (TPSA) is 148 Å². The van der Waals surface area contributed by atoms with Crippen molar-refractivity contribution in [2.45, 2.75) is 58.8 Å². The molecule has 1 fully saturated rings. The maximum atomic E-state index is 13.2. The first-order chi connectivity index (χ1) is 20.1. The lowest BCUT2D eigenvalue weighted by molar-refractivity contribution is -0.128. The predicted octanol–water partition coefficient (Wildman–Crippen LogP) is 2.13. The fourth-order valence-electron chi connectivity index (χ4n) is 4.71. The second-order valence-corrected chi connectivity index (χ2v) is 12.4. The van der Waals surface area contributed by atoms with E-state index >= 15 is 0 Å². The molecule has 11 nitrogen and oxygen atoms in total. The van der Waals surface area contributed by atoms with Gasteiger partial charge in [-0.25, -0.2) is 4.98 Å². The van der Waals surface area contributed by atoms with Crippen LogP contribution in [0.1, 0.15) is 38.4 Å². The number of hydrogen-bond acceptors (Lipinski definition) is 10. The van der Waals surface area contributed by atoms with Gasteiger partial charge in [0.1, 0.15) is 6.61 Å². The van der Waals surface area contributed by atoms with Crippen molar-refractivity contribution in [3.63, 3.8) is 0 Å². The molecule has 0 unspecified atom stereocenters. The number of nitrogens with zero attached hydrogens (tertiary/aromatic N) is 2. The number of nitrogens with two attached hydrogens (primary N) is 1. The molecule has 2 heterocycles. The van der Waals surface area contributed by atoms with Gasteiger partial charge >= 0.3 is 0 Å². The van der Waals surface area contributed by atoms with Gasteiger partial charge in [0, 0.05) is 32.2 Å². The van der Waals surface area contributed by atoms with Crippen LogP contribution in [0.2, 0.25) is 0 Å². The molecule has 3 atom stereocenters. The highest BCUT2D eigenvalue weighted by Crippen LogP contribution is 2.28. The van der Waals surface area contributed by atoms with E-state index in [1.807, 2.05) is 62.4 Å². The third kappa shape index (κ3) is 12.4. The number of aryl methyl sites for hydroxylation is 1. The summed E-state index contributed by atoms with van der Waals surface area (Å²) in [6.07, 6.45) is -0.260. The van der Waals surface area contributed by atoms with Gasteiger partial charge in [-0.05, 0) is 29.9 Å². The van der Waals surface area contributed by atoms with Crippen molar-refractivity contribution in [2.75, 3.05) is 59.3 Å². The number of amides is 2. The smallest absolute Gasteiger partial charge is 0.246 e. The lowest BCUT2D eigenvalue weighted by atomic mass is 9.86. The average molecular weight is 642 g/mol. The number of nitrogens with one attached hydrogen (secondary N) is 2. The number of carbonyl (C=O) groups is 2. The number of aliphatic hydroxyl groups excluding tert-OH is 1. The fourth-order valence-corrected chi connectivity index (χ4v) is 5.52. The van der Waals surface area contributed by atoms with Crippen LogP contribution < -0.4 is 16.4 Å². The number of hydrogen-bond donors (Lipinski definition) is 4. The normalized spacial score (nSPS) is 17.8. The molecule has 13 heteroatoms. The van der Waals surface area contributed by atoms with Crippen molar-refractivity contribution in [3.8, 4) is 10.4 Å². The van der Waals surface area contributed by atoms with Gasteiger partial charge < -0.3 is 35.7 Å². The van der Waals surface area contributed by atoms with Crippen LogP contribution in [0.4, 0.5) is 0 Å². The lowest BCUT2D eigenvalue weighted by Crippen LogP contribution is -2.54. The van der Waals surface area contributed by atoms with Crippen LogP contribution >= 0.6 is 23.7 Å². The molecule has 242 valence electrons. The van der Waals surface area contributed by atoms with Gasteiger partial charge in [0.25, 0.3) is 0 Å². The first-order valence-corrected chi connectivity index (χ1v) is 15.4. The molecule has 1 aliphatic rings. The van der Waals surface area contributed by atoms with E-state index in [1.54, 1.807) is 11.3 Å². The number of ether oxygens (including phenoxy) is 3. The Morgan fingerprint density at radius 2 is 1.77 bits per heavy atom. The van der Waals surface area contributed by atoms with Crippen LogP contribution in [0.5, 0.6) is 0 Å². The Morgan fingerprint density at radius 3 is 2.37 bits per heavy atom. The first-order valence-electron chi connectivity index (χ1n) is 14.5. The summed E-state index contributed by atoms with van der Waals surface area (Å²) in [5.74, 6) is -0.372. The Bertz CT molecular complexity index is 1110. The van der Waals surface area contributed by atoms with Crippen LogP contribution in [-0.2, 0) is 30.3 Å². The molecule has 1 aliphatic heterocycles. The Hall–Kier alpha value is -2.16. The van der Waals surface area contributed by atoms with Crippen molar-refractivity contribution >= 4 is 35.6 Å². The summed E-state index contributed by atoms with van der Waals surface area (Å²) in [6, 6.07) is 7.36. The van der Waals surface area contributed by atoms with Crippen molar-refractivity contribution in [1.82, 2.24) is 20.5 Å². The quantitative estimate of drug-likeness (QED) is 0.191. The van der Waals surface area contributed by atoms with E-state index < -0.39 is 12.1 Å². The highest BCUT2D eigenvalue weighted by atomic mass is 35.5. The van der Waals surface area contributed by atoms with E-state index in [0.29, 0.717) is 65.6 Å². The highest BCUT2D eigenvalue weighted by Gasteiger charge is 2.39. The maximum absolute atomic E-state index is 13.2. The molecule has 5 N–H and O–H groups in total. The van der Waals surface area contributed by atoms with E-state index in [1.165, 1.54) is 0 Å². The van der Waals surface area contributed by atoms with E-state index in [9.17, 15) is 14.7 Å². The monoisotopic (exact) mass is 641 g/mol. The summed E-state index contributed by atoms with van der Waals surface area (Å²) < 4.78 is 16.1. The highest BCUT2D eigenvalue weighted by molar-refractivity contribution is 7.13. The van der Waals surface area contributed by atoms with Gasteiger partial charge in [0.2, 0.25) is 11.8 Å². The zero-order chi connectivity index (χ0) is 30.5. The van der Waals surface area contributed by atoms with Crippen molar-refractivity contribution in [3.05, 3.63) is 41.0 Å². The summed E-state index contributed by atoms with van der Waals surface area (Å²) in [7, 11) is 0. The Kier molecular flexibility index (Phi) is 16.0. The SMILES string of the molecule is Cc1ncsc1-c1ccc(CNC(=O)[C@@H]2C[C@@H](O)CN2C[C@@H](NC(=O)COCCOCCOCCN)C(C)(C)C)cc1.Cl. The van der Waals surface area contributed by atoms with Gasteiger partial charge in [0.05, 0.1) is 61.3 Å². The molecule has 43 heavy (non-hydrogen) atoms. The minimum atomic E-state index is -0.608. The third-order valence-corrected chi connectivity index (χ3v) is 8.13. The molecule has 1 saturated heterocycles. The molecule has 1 aromatic heterocycles. The summed E-state index contributed by atoms with van der Waals surface area (Å²) in [5.41, 5.74) is 10.0. The molecule has 0 bridgehead atoms. The number of aliphatic hydroxyl groups is 1. The van der Waals surface area contributed by atoms with Crippen LogP contribution in [0.3, 0.4) is 0 Å². The minimum absolute atomic E-state index is 0. The number of benzene rings is 1. The lowest BCUT2D eigenvalue weighted by Gasteiger charge is -2.36. The van der Waals surface area contributed by atoms with Gasteiger partial charge in [0.15, 0.2) is 0 Å². The summed E-state index contributed by atoms with van der Waals surface area (Å²) in [5, 5.41) is 16.5. The van der Waals surface area contributed by atoms with E-state index in [-0.39, 0.29) is 42.3 Å². The molecule has 2 amide bonds. The van der Waals surface area contributed by atoms with Gasteiger partial charge in [-0.15, -0.1) is 23.7 Å². The number of aromatic nitrogens is 1. The Balaban J connectivity index is 0.00000645. The summed E-state index contributed by atoms with van der Waals surface area (Å²) in [4.78, 5) is 33.3. The zero-order valence-electron chi connectivity index (χ0n) is 25.7. The standard InChI is InChI=1S/C30H47N5O6S.ClH/c1-21-28(42-20-33-21)23-7-5-22(6-8-23)16-32-29(38)25-15-24(36)17-35(25)18-26(30(2,3)4)34-27(37)19-41-14-13-40-12-11-39-10-9-31;/h5-8,20,24-26,36H,9-19,31H2,1-4H3,(H,32,38)(H,34,37);1H/t24-,25+,26-;/m1./s1. The van der Waals surface area contributed by atoms with Gasteiger partial charge in [-0.3, -0.25) is 14.5 Å². The first kappa shape index (κ1) is 37.0. The fraction of sp³-hybridized carbons (Fsp3) is 0.633. The molecule has 0 saturated carbocycles. The number of β-amino-alcohol motifs (C(OH)–C–C–N with tert-alkyl or cyclic N) is 1. The average Bonchev–Trinajstić information content (AvgIpc) is 3.55. The third-order valence-electron chi connectivity index (χ3n) is 7.15. The predicted molar refractivity (Wildman–Crippen MR) is 170 cm³/mol. The van der Waals surface area contributed by atoms with Crippen LogP contribution in [0.15, 0.2) is 29.8 Å². The molecular weight excluding hydrogens is 594 g/mol. The largest absolute Gasteiger partial charge is 0.392 e. The minimum Gasteiger partial charge on any atom is -0.392 e. The summed E-state index contributed by atoms with van der Waals surface area (Å²) in [6.45, 7) is 11.7. The van der Waals surface area contributed by atoms with Crippen LogP contribution in [0, 0.1) is 12.3 Å². The summed E-state index contributed by atoms with van der Waals surface area (Å²) >= 11 is 1.61. The molecular formula is C30H48ClN5O6S. The number of halogens is 1. The van der Waals surface area contributed by atoms with Crippen molar-refractivity contribution < 1.29 is 28.9 Å². The van der Waals surface area contributed by atoms with Crippen molar-refractivity contribution in [1.29, 1.82) is 0 Å². The molecule has 1 aromatic carbocycles. The van der Waals surface area contributed by atoms with Gasteiger partial charge in [-0.2, -0.15) is 0 Å². The maximum Gasteiger partial charge on any atom is 0.246 e. The molecule has 0 aliphatic carbocycles. The Morgan fingerprint density at radius 1 is 1.12 bits per heavy atom. The van der Waals surface area contributed by atoms with E-state index in [0.717, 1.165) is 21.7 Å². The van der Waals surface area contributed by atoms with Gasteiger partial charge in [-0.1, -0.05) is 45.0 Å². The molecule has 3 rings (SSSR count). The molecule has 2 aromatic rings.